The number of carbonyl (C=O) groups is 1. The normalized spacial score (nSPS) is 11.6. The molecule has 0 rings (SSSR count). The minimum absolute atomic E-state index is 0.0277. The van der Waals surface area contributed by atoms with Crippen LogP contribution >= 0.6 is 0 Å². The smallest absolute Gasteiger partial charge is 0.220 e. The number of ether oxygens (including phenoxy) is 1. The van der Waals surface area contributed by atoms with E-state index in [-0.39, 0.29) is 12.5 Å². The van der Waals surface area contributed by atoms with Gasteiger partial charge in [-0.05, 0) is 38.5 Å². The topological polar surface area (TPSA) is 58.6 Å². The van der Waals surface area contributed by atoms with Crippen LogP contribution in [0.25, 0.3) is 0 Å². The average molecular weight is 368 g/mol. The first-order valence-corrected chi connectivity index (χ1v) is 10.6. The first-order chi connectivity index (χ1) is 12.8. The van der Waals surface area contributed by atoms with Crippen LogP contribution in [0, 0.1) is 0 Å². The molecule has 0 saturated heterocycles. The van der Waals surface area contributed by atoms with Crippen LogP contribution in [0.5, 0.6) is 0 Å². The highest BCUT2D eigenvalue weighted by Crippen LogP contribution is 2.08. The lowest BCUT2D eigenvalue weighted by molar-refractivity contribution is -0.121. The summed E-state index contributed by atoms with van der Waals surface area (Å²) in [7, 11) is 0. The van der Waals surface area contributed by atoms with E-state index >= 15 is 0 Å². The Morgan fingerprint density at radius 2 is 1.54 bits per heavy atom. The molecule has 0 heterocycles. The molecule has 0 aromatic heterocycles. The van der Waals surface area contributed by atoms with Crippen LogP contribution in [0.4, 0.5) is 0 Å². The van der Waals surface area contributed by atoms with Gasteiger partial charge in [0.05, 0.1) is 19.8 Å². The molecule has 1 amide bonds. The molecule has 0 aliphatic heterocycles. The maximum atomic E-state index is 11.6. The largest absolute Gasteiger partial charge is 0.394 e. The Balaban J connectivity index is 3.25. The molecule has 0 unspecified atom stereocenters. The third-order valence-electron chi connectivity index (χ3n) is 4.16. The van der Waals surface area contributed by atoms with E-state index in [0.717, 1.165) is 25.7 Å². The molecular weight excluding hydrogens is 326 g/mol. The maximum Gasteiger partial charge on any atom is 0.220 e. The number of hydrogen-bond acceptors (Lipinski definition) is 3. The summed E-state index contributed by atoms with van der Waals surface area (Å²) in [4.78, 5) is 11.6. The second kappa shape index (κ2) is 21.9. The van der Waals surface area contributed by atoms with Crippen LogP contribution in [-0.4, -0.2) is 37.4 Å². The molecule has 152 valence electrons. The van der Waals surface area contributed by atoms with Gasteiger partial charge in [-0.25, -0.2) is 0 Å². The lowest BCUT2D eigenvalue weighted by atomic mass is 10.1. The molecule has 4 heteroatoms. The molecule has 0 aliphatic rings. The SMILES string of the molecule is CCCCCC=CCC=CCCCCCCCC(=O)NCCOCCO. The highest BCUT2D eigenvalue weighted by atomic mass is 16.5. The highest BCUT2D eigenvalue weighted by molar-refractivity contribution is 5.75. The molecule has 0 bridgehead atoms. The lowest BCUT2D eigenvalue weighted by Crippen LogP contribution is -2.27. The van der Waals surface area contributed by atoms with Gasteiger partial charge in [0.15, 0.2) is 0 Å². The number of unbranched alkanes of at least 4 members (excludes halogenated alkanes) is 8. The van der Waals surface area contributed by atoms with Gasteiger partial charge in [-0.1, -0.05) is 63.3 Å². The molecule has 0 aliphatic carbocycles. The van der Waals surface area contributed by atoms with Crippen LogP contribution in [-0.2, 0) is 9.53 Å². The molecule has 0 aromatic rings. The number of aliphatic hydroxyl groups excluding tert-OH is 1. The molecule has 0 aromatic carbocycles. The Kier molecular flexibility index (Phi) is 21.0. The van der Waals surface area contributed by atoms with Gasteiger partial charge in [0.1, 0.15) is 0 Å². The Morgan fingerprint density at radius 3 is 2.23 bits per heavy atom. The van der Waals surface area contributed by atoms with Crippen LogP contribution in [0.15, 0.2) is 24.3 Å². The standard InChI is InChI=1S/C22H41NO3/c1-2-3-4-5-6-7-8-9-10-11-12-13-14-15-16-17-22(25)23-18-20-26-21-19-24/h6-7,9-10,24H,2-5,8,11-21H2,1H3,(H,23,25). The predicted molar refractivity (Wildman–Crippen MR) is 110 cm³/mol. The third-order valence-corrected chi connectivity index (χ3v) is 4.16. The van der Waals surface area contributed by atoms with Gasteiger partial charge in [-0.3, -0.25) is 4.79 Å². The Bertz CT molecular complexity index is 353. The fourth-order valence-electron chi connectivity index (χ4n) is 2.61. The minimum atomic E-state index is 0.0277. The fourth-order valence-corrected chi connectivity index (χ4v) is 2.61. The number of nitrogens with one attached hydrogen (secondary N) is 1. The van der Waals surface area contributed by atoms with Crippen molar-refractivity contribution in [2.75, 3.05) is 26.4 Å². The van der Waals surface area contributed by atoms with Gasteiger partial charge in [0, 0.05) is 13.0 Å². The van der Waals surface area contributed by atoms with Crippen molar-refractivity contribution in [2.24, 2.45) is 0 Å². The Morgan fingerprint density at radius 1 is 0.885 bits per heavy atom. The second-order valence-electron chi connectivity index (χ2n) is 6.67. The molecule has 2 N–H and O–H groups in total. The van der Waals surface area contributed by atoms with Crippen molar-refractivity contribution in [3.8, 4) is 0 Å². The first kappa shape index (κ1) is 24.9. The van der Waals surface area contributed by atoms with E-state index in [1.807, 2.05) is 0 Å². The molecule has 0 radical (unpaired) electrons. The summed E-state index contributed by atoms with van der Waals surface area (Å²) in [5.74, 6) is 0.100. The Hall–Kier alpha value is -1.13. The molecule has 0 fully saturated rings. The maximum absolute atomic E-state index is 11.6. The number of amides is 1. The second-order valence-corrected chi connectivity index (χ2v) is 6.67. The van der Waals surface area contributed by atoms with Crippen LogP contribution in [0.3, 0.4) is 0 Å². The van der Waals surface area contributed by atoms with Crippen LogP contribution < -0.4 is 5.32 Å². The van der Waals surface area contributed by atoms with E-state index in [9.17, 15) is 4.79 Å². The van der Waals surface area contributed by atoms with Gasteiger partial charge in [-0.2, -0.15) is 0 Å². The lowest BCUT2D eigenvalue weighted by Gasteiger charge is -2.05. The van der Waals surface area contributed by atoms with Crippen molar-refractivity contribution in [3.63, 3.8) is 0 Å². The van der Waals surface area contributed by atoms with E-state index in [2.05, 4.69) is 36.5 Å². The van der Waals surface area contributed by atoms with E-state index < -0.39 is 0 Å². The summed E-state index contributed by atoms with van der Waals surface area (Å²) in [5.41, 5.74) is 0. The van der Waals surface area contributed by atoms with Gasteiger partial charge >= 0.3 is 0 Å². The van der Waals surface area contributed by atoms with Crippen molar-refractivity contribution in [2.45, 2.75) is 84.0 Å². The quantitative estimate of drug-likeness (QED) is 0.251. The number of aliphatic hydroxyl groups is 1. The molecule has 0 spiro atoms. The van der Waals surface area contributed by atoms with Crippen molar-refractivity contribution in [3.05, 3.63) is 24.3 Å². The highest BCUT2D eigenvalue weighted by Gasteiger charge is 2.00. The van der Waals surface area contributed by atoms with Crippen molar-refractivity contribution >= 4 is 5.91 Å². The third kappa shape index (κ3) is 20.9. The predicted octanol–water partition coefficient (Wildman–Crippen LogP) is 4.93. The zero-order valence-electron chi connectivity index (χ0n) is 16.9. The zero-order valence-corrected chi connectivity index (χ0v) is 16.9. The zero-order chi connectivity index (χ0) is 19.1. The van der Waals surface area contributed by atoms with Crippen LogP contribution in [0.1, 0.15) is 84.0 Å². The molecular formula is C22H41NO3. The van der Waals surface area contributed by atoms with E-state index in [1.165, 1.54) is 44.9 Å². The summed E-state index contributed by atoms with van der Waals surface area (Å²) in [6.07, 6.45) is 22.9. The summed E-state index contributed by atoms with van der Waals surface area (Å²) in [6.45, 7) is 3.59. The van der Waals surface area contributed by atoms with E-state index in [1.54, 1.807) is 0 Å². The van der Waals surface area contributed by atoms with E-state index in [4.69, 9.17) is 9.84 Å². The minimum Gasteiger partial charge on any atom is -0.394 e. The fraction of sp³-hybridized carbons (Fsp3) is 0.773. The average Bonchev–Trinajstić information content (AvgIpc) is 2.64. The summed E-state index contributed by atoms with van der Waals surface area (Å²) in [6, 6.07) is 0. The summed E-state index contributed by atoms with van der Waals surface area (Å²) in [5, 5.41) is 11.4. The first-order valence-electron chi connectivity index (χ1n) is 10.6. The summed E-state index contributed by atoms with van der Waals surface area (Å²) < 4.78 is 5.09. The van der Waals surface area contributed by atoms with Gasteiger partial charge < -0.3 is 15.2 Å². The van der Waals surface area contributed by atoms with Crippen molar-refractivity contribution in [1.82, 2.24) is 5.32 Å². The van der Waals surface area contributed by atoms with Crippen molar-refractivity contribution in [1.29, 1.82) is 0 Å². The van der Waals surface area contributed by atoms with Gasteiger partial charge in [0.25, 0.3) is 0 Å². The molecule has 4 nitrogen and oxygen atoms in total. The Labute approximate surface area is 161 Å². The molecule has 0 atom stereocenters. The van der Waals surface area contributed by atoms with Crippen molar-refractivity contribution < 1.29 is 14.6 Å². The summed E-state index contributed by atoms with van der Waals surface area (Å²) >= 11 is 0. The number of carbonyl (C=O) groups excluding carboxylic acids is 1. The van der Waals surface area contributed by atoms with Crippen LogP contribution in [0.2, 0.25) is 0 Å². The van der Waals surface area contributed by atoms with E-state index in [0.29, 0.717) is 26.2 Å². The molecule has 0 saturated carbocycles. The number of hydrogen-bond donors (Lipinski definition) is 2. The van der Waals surface area contributed by atoms with Gasteiger partial charge in [-0.15, -0.1) is 0 Å². The van der Waals surface area contributed by atoms with Gasteiger partial charge in [0.2, 0.25) is 5.91 Å². The number of rotatable bonds is 19. The number of allylic oxidation sites excluding steroid dienone is 4. The monoisotopic (exact) mass is 367 g/mol. The molecule has 26 heavy (non-hydrogen) atoms.